The van der Waals surface area contributed by atoms with E-state index in [1.807, 2.05) is 0 Å². The summed E-state index contributed by atoms with van der Waals surface area (Å²) in [5.74, 6) is -1.89. The third-order valence-electron chi connectivity index (χ3n) is 2.73. The standard InChI is InChI=1S/C12H10BClF3NO5/c1-18-5-10(19)22-13(23-11(20)6-18)8-3-2-7(4-9(8)14)21-12(15,16)17/h2-4H,5-6H2,1H3. The molecule has 1 fully saturated rings. The van der Waals surface area contributed by atoms with Gasteiger partial charge >= 0.3 is 25.4 Å². The summed E-state index contributed by atoms with van der Waals surface area (Å²) in [6.07, 6.45) is -4.87. The number of alkyl halides is 3. The van der Waals surface area contributed by atoms with Crippen molar-refractivity contribution in [2.75, 3.05) is 20.1 Å². The Kier molecular flexibility index (Phi) is 5.05. The molecule has 1 heterocycles. The second kappa shape index (κ2) is 6.67. The highest BCUT2D eigenvalue weighted by Gasteiger charge is 2.36. The van der Waals surface area contributed by atoms with Crippen molar-refractivity contribution in [2.45, 2.75) is 6.36 Å². The molecule has 0 N–H and O–H groups in total. The molecule has 2 rings (SSSR count). The number of ether oxygens (including phenoxy) is 1. The lowest BCUT2D eigenvalue weighted by atomic mass is 9.78. The minimum absolute atomic E-state index is 0.0347. The molecule has 1 aliphatic heterocycles. The molecule has 0 spiro atoms. The first-order chi connectivity index (χ1) is 10.6. The average molecular weight is 351 g/mol. The van der Waals surface area contributed by atoms with Crippen molar-refractivity contribution in [1.29, 1.82) is 0 Å². The maximum absolute atomic E-state index is 12.2. The number of carbonyl (C=O) groups is 2. The fourth-order valence-corrected chi connectivity index (χ4v) is 2.12. The number of benzene rings is 1. The fraction of sp³-hybridized carbons (Fsp3) is 0.333. The largest absolute Gasteiger partial charge is 0.638 e. The third-order valence-corrected chi connectivity index (χ3v) is 3.06. The van der Waals surface area contributed by atoms with Gasteiger partial charge in [0.25, 0.3) is 0 Å². The summed E-state index contributed by atoms with van der Waals surface area (Å²) in [5.41, 5.74) is 0.0347. The molecule has 0 amide bonds. The summed E-state index contributed by atoms with van der Waals surface area (Å²) in [5, 5.41) is -0.203. The van der Waals surface area contributed by atoms with E-state index in [1.54, 1.807) is 0 Å². The second-order valence-corrected chi connectivity index (χ2v) is 5.12. The number of nitrogens with zero attached hydrogens (tertiary/aromatic N) is 1. The Hall–Kier alpha value is -1.94. The van der Waals surface area contributed by atoms with Crippen LogP contribution in [-0.4, -0.2) is 50.5 Å². The first-order valence-corrected chi connectivity index (χ1v) is 6.64. The Labute approximate surface area is 134 Å². The van der Waals surface area contributed by atoms with Gasteiger partial charge < -0.3 is 14.0 Å². The third kappa shape index (κ3) is 5.03. The van der Waals surface area contributed by atoms with Crippen LogP contribution in [0.5, 0.6) is 5.75 Å². The quantitative estimate of drug-likeness (QED) is 0.740. The van der Waals surface area contributed by atoms with E-state index >= 15 is 0 Å². The van der Waals surface area contributed by atoms with Crippen molar-refractivity contribution in [1.82, 2.24) is 4.90 Å². The molecule has 1 aliphatic rings. The van der Waals surface area contributed by atoms with E-state index in [1.165, 1.54) is 11.9 Å². The Balaban J connectivity index is 2.22. The Bertz CT molecular complexity index is 607. The predicted octanol–water partition coefficient (Wildman–Crippen LogP) is 0.966. The molecule has 0 atom stereocenters. The van der Waals surface area contributed by atoms with Gasteiger partial charge in [-0.3, -0.25) is 14.5 Å². The zero-order valence-corrected chi connectivity index (χ0v) is 12.5. The Morgan fingerprint density at radius 1 is 1.22 bits per heavy atom. The number of carbonyl (C=O) groups excluding carboxylic acids is 2. The number of hydrogen-bond acceptors (Lipinski definition) is 6. The maximum atomic E-state index is 12.2. The van der Waals surface area contributed by atoms with Crippen molar-refractivity contribution in [3.8, 4) is 5.75 Å². The van der Waals surface area contributed by atoms with Crippen molar-refractivity contribution >= 4 is 36.1 Å². The van der Waals surface area contributed by atoms with E-state index < -0.39 is 31.2 Å². The van der Waals surface area contributed by atoms with E-state index in [0.717, 1.165) is 18.2 Å². The van der Waals surface area contributed by atoms with Crippen LogP contribution in [0.25, 0.3) is 0 Å². The van der Waals surface area contributed by atoms with Crippen LogP contribution in [0.15, 0.2) is 18.2 Å². The minimum atomic E-state index is -4.87. The lowest BCUT2D eigenvalue weighted by Crippen LogP contribution is -2.48. The zero-order chi connectivity index (χ0) is 17.2. The van der Waals surface area contributed by atoms with Crippen molar-refractivity contribution < 1.29 is 36.8 Å². The summed E-state index contributed by atoms with van der Waals surface area (Å²) in [7, 11) is 0.0927. The van der Waals surface area contributed by atoms with Crippen LogP contribution in [0.3, 0.4) is 0 Å². The number of halogens is 4. The van der Waals surface area contributed by atoms with Gasteiger partial charge in [-0.15, -0.1) is 13.2 Å². The summed E-state index contributed by atoms with van der Waals surface area (Å²) in [6, 6.07) is 2.98. The molecular formula is C12H10BClF3NO5. The molecule has 124 valence electrons. The first kappa shape index (κ1) is 17.4. The minimum Gasteiger partial charge on any atom is -0.494 e. The monoisotopic (exact) mass is 351 g/mol. The van der Waals surface area contributed by atoms with Crippen LogP contribution in [0.4, 0.5) is 13.2 Å². The van der Waals surface area contributed by atoms with Gasteiger partial charge in [-0.2, -0.15) is 0 Å². The molecule has 1 aromatic carbocycles. The van der Waals surface area contributed by atoms with Gasteiger partial charge in [0.2, 0.25) is 0 Å². The fourth-order valence-electron chi connectivity index (χ4n) is 1.86. The first-order valence-electron chi connectivity index (χ1n) is 6.27. The lowest BCUT2D eigenvalue weighted by molar-refractivity contribution is -0.274. The maximum Gasteiger partial charge on any atom is 0.638 e. The highest BCUT2D eigenvalue weighted by molar-refractivity contribution is 6.67. The van der Waals surface area contributed by atoms with Crippen molar-refractivity contribution in [3.05, 3.63) is 23.2 Å². The van der Waals surface area contributed by atoms with Crippen LogP contribution >= 0.6 is 11.6 Å². The van der Waals surface area contributed by atoms with Crippen molar-refractivity contribution in [2.24, 2.45) is 0 Å². The molecule has 0 saturated carbocycles. The SMILES string of the molecule is CN1CC(=O)OB(c2ccc(OC(F)(F)F)cc2Cl)OC(=O)C1. The highest BCUT2D eigenvalue weighted by atomic mass is 35.5. The summed E-state index contributed by atoms with van der Waals surface area (Å²) in [6.45, 7) is -0.281. The Morgan fingerprint density at radius 3 is 2.26 bits per heavy atom. The second-order valence-electron chi connectivity index (χ2n) is 4.72. The van der Waals surface area contributed by atoms with Gasteiger partial charge in [-0.25, -0.2) is 0 Å². The van der Waals surface area contributed by atoms with Crippen LogP contribution in [0.1, 0.15) is 0 Å². The zero-order valence-electron chi connectivity index (χ0n) is 11.7. The van der Waals surface area contributed by atoms with Gasteiger partial charge in [-0.05, 0) is 19.2 Å². The molecular weight excluding hydrogens is 341 g/mol. The van der Waals surface area contributed by atoms with Gasteiger partial charge in [0.15, 0.2) is 0 Å². The van der Waals surface area contributed by atoms with Gasteiger partial charge in [-0.1, -0.05) is 17.7 Å². The molecule has 0 aromatic heterocycles. The predicted molar refractivity (Wildman–Crippen MR) is 73.2 cm³/mol. The number of hydrogen-bond donors (Lipinski definition) is 0. The molecule has 1 aromatic rings. The van der Waals surface area contributed by atoms with Crippen LogP contribution in [-0.2, 0) is 18.9 Å². The smallest absolute Gasteiger partial charge is 0.494 e. The highest BCUT2D eigenvalue weighted by Crippen LogP contribution is 2.24. The number of rotatable bonds is 2. The van der Waals surface area contributed by atoms with E-state index in [-0.39, 0.29) is 23.6 Å². The van der Waals surface area contributed by atoms with E-state index in [2.05, 4.69) is 4.74 Å². The van der Waals surface area contributed by atoms with Crippen LogP contribution < -0.4 is 10.2 Å². The summed E-state index contributed by atoms with van der Waals surface area (Å²) < 4.78 is 50.1. The van der Waals surface area contributed by atoms with Gasteiger partial charge in [0.05, 0.1) is 13.1 Å². The lowest BCUT2D eigenvalue weighted by Gasteiger charge is -2.23. The van der Waals surface area contributed by atoms with E-state index in [4.69, 9.17) is 20.9 Å². The van der Waals surface area contributed by atoms with E-state index in [9.17, 15) is 22.8 Å². The van der Waals surface area contributed by atoms with Gasteiger partial charge in [0.1, 0.15) is 5.75 Å². The summed E-state index contributed by atoms with van der Waals surface area (Å²) in [4.78, 5) is 24.7. The normalized spacial score (nSPS) is 17.2. The van der Waals surface area contributed by atoms with Crippen LogP contribution in [0, 0.1) is 0 Å². The molecule has 0 unspecified atom stereocenters. The summed E-state index contributed by atoms with van der Waals surface area (Å²) >= 11 is 5.87. The average Bonchev–Trinajstić information content (AvgIpc) is 2.33. The molecule has 0 aliphatic carbocycles. The van der Waals surface area contributed by atoms with Gasteiger partial charge in [0, 0.05) is 10.5 Å². The molecule has 11 heteroatoms. The van der Waals surface area contributed by atoms with E-state index in [0.29, 0.717) is 0 Å². The molecule has 23 heavy (non-hydrogen) atoms. The van der Waals surface area contributed by atoms with Crippen molar-refractivity contribution in [3.63, 3.8) is 0 Å². The molecule has 0 radical (unpaired) electrons. The molecule has 0 bridgehead atoms. The molecule has 6 nitrogen and oxygen atoms in total. The Morgan fingerprint density at radius 2 is 1.78 bits per heavy atom. The number of likely N-dealkylation sites (N-methyl/N-ethyl adjacent to an activating group) is 1. The topological polar surface area (TPSA) is 65.1 Å². The van der Waals surface area contributed by atoms with Crippen LogP contribution in [0.2, 0.25) is 5.02 Å². The molecule has 1 saturated heterocycles.